The first-order valence-corrected chi connectivity index (χ1v) is 18.9. The lowest BCUT2D eigenvalue weighted by atomic mass is 9.86. The Labute approximate surface area is 318 Å². The third-order valence-corrected chi connectivity index (χ3v) is 11.1. The van der Waals surface area contributed by atoms with Gasteiger partial charge in [0.1, 0.15) is 0 Å². The van der Waals surface area contributed by atoms with E-state index in [-0.39, 0.29) is 0 Å². The van der Waals surface area contributed by atoms with Gasteiger partial charge < -0.3 is 9.80 Å². The molecule has 9 rings (SSSR count). The van der Waals surface area contributed by atoms with Crippen LogP contribution in [0, 0.1) is 41.5 Å². The minimum Gasteiger partial charge on any atom is -0.311 e. The van der Waals surface area contributed by atoms with Gasteiger partial charge in [0.25, 0.3) is 0 Å². The van der Waals surface area contributed by atoms with Crippen LogP contribution in [0.15, 0.2) is 158 Å². The Morgan fingerprint density at radius 2 is 0.630 bits per heavy atom. The van der Waals surface area contributed by atoms with Crippen molar-refractivity contribution in [3.8, 4) is 11.1 Å². The van der Waals surface area contributed by atoms with E-state index in [4.69, 9.17) is 0 Å². The second-order valence-electron chi connectivity index (χ2n) is 15.1. The molecule has 0 radical (unpaired) electrons. The summed E-state index contributed by atoms with van der Waals surface area (Å²) < 4.78 is 0. The van der Waals surface area contributed by atoms with Gasteiger partial charge >= 0.3 is 0 Å². The van der Waals surface area contributed by atoms with Crippen molar-refractivity contribution >= 4 is 66.4 Å². The molecule has 54 heavy (non-hydrogen) atoms. The average molecular weight is 697 g/mol. The zero-order valence-corrected chi connectivity index (χ0v) is 31.9. The Balaban J connectivity index is 1.22. The van der Waals surface area contributed by atoms with E-state index in [1.807, 2.05) is 0 Å². The number of anilines is 6. The van der Waals surface area contributed by atoms with Crippen molar-refractivity contribution in [3.05, 3.63) is 191 Å². The monoisotopic (exact) mass is 696 g/mol. The molecule has 0 amide bonds. The molecule has 0 unspecified atom stereocenters. The van der Waals surface area contributed by atoms with Crippen molar-refractivity contribution in [1.29, 1.82) is 0 Å². The average Bonchev–Trinajstić information content (AvgIpc) is 3.19. The molecule has 9 aromatic carbocycles. The largest absolute Gasteiger partial charge is 0.311 e. The van der Waals surface area contributed by atoms with E-state index in [0.29, 0.717) is 0 Å². The first-order valence-electron chi connectivity index (χ1n) is 18.9. The van der Waals surface area contributed by atoms with Gasteiger partial charge in [0, 0.05) is 33.8 Å². The normalized spacial score (nSPS) is 11.5. The SMILES string of the molecule is Cc1ccc(N(c2ccc(C)cc2)c2ccc(-c3cc(C)c4ccc5c(N(c6ccc(C)cc6)c6ccc(C)cc6)cc(C)c6ccc3c4c65)cc2)cc1. The topological polar surface area (TPSA) is 6.48 Å². The van der Waals surface area contributed by atoms with Gasteiger partial charge in [0.05, 0.1) is 5.69 Å². The summed E-state index contributed by atoms with van der Waals surface area (Å²) in [6, 6.07) is 58.7. The maximum absolute atomic E-state index is 2.43. The predicted molar refractivity (Wildman–Crippen MR) is 233 cm³/mol. The van der Waals surface area contributed by atoms with E-state index >= 15 is 0 Å². The van der Waals surface area contributed by atoms with E-state index in [9.17, 15) is 0 Å². The minimum atomic E-state index is 1.13. The van der Waals surface area contributed by atoms with Gasteiger partial charge in [-0.1, -0.05) is 113 Å². The molecular weight excluding hydrogens is 653 g/mol. The lowest BCUT2D eigenvalue weighted by Gasteiger charge is -2.29. The van der Waals surface area contributed by atoms with Gasteiger partial charge in [0.2, 0.25) is 0 Å². The maximum atomic E-state index is 2.43. The highest BCUT2D eigenvalue weighted by Gasteiger charge is 2.22. The summed E-state index contributed by atoms with van der Waals surface area (Å²) in [6.07, 6.45) is 0. The Bertz CT molecular complexity index is 2680. The van der Waals surface area contributed by atoms with E-state index in [2.05, 4.69) is 209 Å². The van der Waals surface area contributed by atoms with Gasteiger partial charge in [-0.25, -0.2) is 0 Å². The van der Waals surface area contributed by atoms with Crippen LogP contribution in [0.4, 0.5) is 34.1 Å². The van der Waals surface area contributed by atoms with Crippen molar-refractivity contribution < 1.29 is 0 Å². The molecule has 0 saturated carbocycles. The van der Waals surface area contributed by atoms with Crippen LogP contribution >= 0.6 is 0 Å². The Kier molecular flexibility index (Phi) is 8.20. The molecule has 2 nitrogen and oxygen atoms in total. The van der Waals surface area contributed by atoms with Gasteiger partial charge in [-0.3, -0.25) is 0 Å². The van der Waals surface area contributed by atoms with E-state index in [0.717, 1.165) is 28.4 Å². The number of nitrogens with zero attached hydrogens (tertiary/aromatic N) is 2. The molecule has 262 valence electrons. The van der Waals surface area contributed by atoms with Crippen LogP contribution in [0.3, 0.4) is 0 Å². The summed E-state index contributed by atoms with van der Waals surface area (Å²) in [5, 5.41) is 7.82. The molecule has 0 aliphatic rings. The summed E-state index contributed by atoms with van der Waals surface area (Å²) in [5.74, 6) is 0. The van der Waals surface area contributed by atoms with Crippen molar-refractivity contribution in [2.75, 3.05) is 9.80 Å². The zero-order valence-electron chi connectivity index (χ0n) is 31.9. The molecule has 0 spiro atoms. The van der Waals surface area contributed by atoms with Gasteiger partial charge in [-0.15, -0.1) is 0 Å². The number of hydrogen-bond acceptors (Lipinski definition) is 2. The van der Waals surface area contributed by atoms with Crippen LogP contribution < -0.4 is 9.80 Å². The van der Waals surface area contributed by atoms with E-state index in [1.165, 1.54) is 82.5 Å². The quantitative estimate of drug-likeness (QED) is 0.153. The van der Waals surface area contributed by atoms with Crippen LogP contribution in [0.1, 0.15) is 33.4 Å². The highest BCUT2D eigenvalue weighted by molar-refractivity contribution is 6.29. The van der Waals surface area contributed by atoms with Gasteiger partial charge in [0.15, 0.2) is 0 Å². The number of hydrogen-bond donors (Lipinski definition) is 0. The van der Waals surface area contributed by atoms with Crippen molar-refractivity contribution in [2.24, 2.45) is 0 Å². The number of rotatable bonds is 7. The summed E-state index contributed by atoms with van der Waals surface area (Å²) in [6.45, 7) is 13.1. The molecule has 0 saturated heterocycles. The summed E-state index contributed by atoms with van der Waals surface area (Å²) in [4.78, 5) is 4.77. The number of benzene rings is 9. The first-order chi connectivity index (χ1) is 26.2. The van der Waals surface area contributed by atoms with Crippen LogP contribution in [0.25, 0.3) is 43.4 Å². The first kappa shape index (κ1) is 33.5. The molecule has 0 fully saturated rings. The molecular formula is C52H44N2. The second-order valence-corrected chi connectivity index (χ2v) is 15.1. The fourth-order valence-corrected chi connectivity index (χ4v) is 8.19. The number of aryl methyl sites for hydroxylation is 6. The van der Waals surface area contributed by atoms with E-state index in [1.54, 1.807) is 0 Å². The van der Waals surface area contributed by atoms with Crippen molar-refractivity contribution in [1.82, 2.24) is 0 Å². The van der Waals surface area contributed by atoms with Crippen LogP contribution in [-0.2, 0) is 0 Å². The smallest absolute Gasteiger partial charge is 0.0543 e. The molecule has 0 bridgehead atoms. The van der Waals surface area contributed by atoms with Gasteiger partial charge in [-0.2, -0.15) is 0 Å². The zero-order chi connectivity index (χ0) is 37.1. The molecule has 0 aliphatic heterocycles. The van der Waals surface area contributed by atoms with Crippen LogP contribution in [-0.4, -0.2) is 0 Å². The lowest BCUT2D eigenvalue weighted by molar-refractivity contribution is 1.27. The maximum Gasteiger partial charge on any atom is 0.0543 e. The van der Waals surface area contributed by atoms with E-state index < -0.39 is 0 Å². The highest BCUT2D eigenvalue weighted by Crippen LogP contribution is 2.47. The summed E-state index contributed by atoms with van der Waals surface area (Å²) >= 11 is 0. The van der Waals surface area contributed by atoms with Crippen molar-refractivity contribution in [2.45, 2.75) is 41.5 Å². The molecule has 0 aromatic heterocycles. The summed E-state index contributed by atoms with van der Waals surface area (Å²) in [7, 11) is 0. The third-order valence-electron chi connectivity index (χ3n) is 11.1. The van der Waals surface area contributed by atoms with Crippen LogP contribution in [0.2, 0.25) is 0 Å². The Hall–Kier alpha value is -6.38. The van der Waals surface area contributed by atoms with Gasteiger partial charge in [-0.05, 0) is 157 Å². The summed E-state index contributed by atoms with van der Waals surface area (Å²) in [5.41, 5.74) is 17.0. The lowest BCUT2D eigenvalue weighted by Crippen LogP contribution is -2.11. The van der Waals surface area contributed by atoms with Crippen LogP contribution in [0.5, 0.6) is 0 Å². The molecule has 2 heteroatoms. The standard InChI is InChI=1S/C52H44N2/c1-33-7-17-40(18-8-33)53(41-19-9-34(2)10-20-41)42-25-15-39(16-26-42)49-31-37(5)45-28-30-48-50(32-38(6)46-27-29-47(49)51(45)52(46)48)54(43-21-11-35(3)12-22-43)44-23-13-36(4)14-24-44/h7-32H,1-6H3. The fraction of sp³-hybridized carbons (Fsp3) is 0.115. The van der Waals surface area contributed by atoms with Crippen molar-refractivity contribution in [3.63, 3.8) is 0 Å². The molecule has 0 N–H and O–H groups in total. The second kappa shape index (κ2) is 13.2. The third kappa shape index (κ3) is 5.76. The fourth-order valence-electron chi connectivity index (χ4n) is 8.19. The Morgan fingerprint density at radius 3 is 1.07 bits per heavy atom. The predicted octanol–water partition coefficient (Wildman–Crippen LogP) is 15.0. The Morgan fingerprint density at radius 1 is 0.296 bits per heavy atom. The minimum absolute atomic E-state index is 1.13. The molecule has 0 atom stereocenters. The highest BCUT2D eigenvalue weighted by atomic mass is 15.1. The molecule has 0 heterocycles. The molecule has 0 aliphatic carbocycles. The molecule has 9 aromatic rings.